The molecule has 8 nitrogen and oxygen atoms in total. The van der Waals surface area contributed by atoms with Crippen molar-refractivity contribution >= 4 is 39.1 Å². The average molecular weight is 502 g/mol. The minimum atomic E-state index is -4.03. The van der Waals surface area contributed by atoms with Crippen molar-refractivity contribution in [2.75, 3.05) is 25.1 Å². The largest absolute Gasteiger partial charge is 0.493 e. The number of carboxylic acids is 1. The number of likely N-dealkylation sites (N-methyl/N-ethyl adjacent to an activating group) is 1. The molecule has 0 aromatic heterocycles. The quantitative estimate of drug-likeness (QED) is 0.321. The van der Waals surface area contributed by atoms with Crippen LogP contribution in [0.25, 0.3) is 0 Å². The van der Waals surface area contributed by atoms with Crippen molar-refractivity contribution in [2.45, 2.75) is 11.3 Å². The number of ether oxygens (including phenoxy) is 1. The Balaban J connectivity index is 1.61. The van der Waals surface area contributed by atoms with Crippen molar-refractivity contribution in [1.82, 2.24) is 0 Å². The van der Waals surface area contributed by atoms with E-state index in [2.05, 4.69) is 4.40 Å². The number of anilines is 1. The second-order valence-corrected chi connectivity index (χ2v) is 9.40. The van der Waals surface area contributed by atoms with Gasteiger partial charge in [-0.15, -0.1) is 4.40 Å². The van der Waals surface area contributed by atoms with Crippen LogP contribution in [0.2, 0.25) is 5.02 Å². The highest BCUT2D eigenvalue weighted by Crippen LogP contribution is 2.23. The summed E-state index contributed by atoms with van der Waals surface area (Å²) < 4.78 is 34.5. The Kier molecular flexibility index (Phi) is 8.14. The number of halogens is 1. The molecule has 3 aromatic rings. The van der Waals surface area contributed by atoms with Gasteiger partial charge in [-0.25, -0.2) is 0 Å². The third-order valence-corrected chi connectivity index (χ3v) is 6.66. The molecule has 10 heteroatoms. The van der Waals surface area contributed by atoms with Gasteiger partial charge in [-0.05, 0) is 29.8 Å². The van der Waals surface area contributed by atoms with Crippen molar-refractivity contribution in [1.29, 1.82) is 0 Å². The Bertz CT molecular complexity index is 1290. The van der Waals surface area contributed by atoms with Gasteiger partial charge in [-0.3, -0.25) is 4.79 Å². The Morgan fingerprint density at radius 3 is 2.47 bits per heavy atom. The van der Waals surface area contributed by atoms with Gasteiger partial charge in [0.1, 0.15) is 23.0 Å². The van der Waals surface area contributed by atoms with Crippen LogP contribution in [-0.2, 0) is 21.2 Å². The molecule has 0 saturated carbocycles. The summed E-state index contributed by atoms with van der Waals surface area (Å²) in [4.78, 5) is 12.4. The summed E-state index contributed by atoms with van der Waals surface area (Å²) in [5, 5.41) is 9.01. The highest BCUT2D eigenvalue weighted by molar-refractivity contribution is 7.90. The molecule has 0 radical (unpaired) electrons. The fourth-order valence-electron chi connectivity index (χ4n) is 3.12. The summed E-state index contributed by atoms with van der Waals surface area (Å²) in [6.45, 7) is 0.290. The molecule has 3 N–H and O–H groups in total. The molecule has 0 unspecified atom stereocenters. The number of carbonyl (C=O) groups is 1. The maximum atomic E-state index is 12.5. The van der Waals surface area contributed by atoms with E-state index in [4.69, 9.17) is 27.2 Å². The van der Waals surface area contributed by atoms with Gasteiger partial charge in [-0.2, -0.15) is 8.42 Å². The number of sulfonamides is 1. The summed E-state index contributed by atoms with van der Waals surface area (Å²) in [7, 11) is -2.34. The molecule has 0 amide bonds. The van der Waals surface area contributed by atoms with Crippen LogP contribution in [0.3, 0.4) is 0 Å². The lowest BCUT2D eigenvalue weighted by atomic mass is 10.1. The third kappa shape index (κ3) is 6.72. The van der Waals surface area contributed by atoms with E-state index in [-0.39, 0.29) is 22.3 Å². The molecule has 0 bridgehead atoms. The van der Waals surface area contributed by atoms with E-state index in [9.17, 15) is 13.2 Å². The highest BCUT2D eigenvalue weighted by Gasteiger charge is 2.17. The summed E-state index contributed by atoms with van der Waals surface area (Å²) in [5.41, 5.74) is 8.10. The van der Waals surface area contributed by atoms with Gasteiger partial charge >= 0.3 is 5.97 Å². The SMILES string of the molecule is CN(CC(=O)O)c1cccc(OCCc2ccc(C(N)=NS(=O)(=O)c3ccccc3Cl)cc2)c1. The number of benzene rings is 3. The van der Waals surface area contributed by atoms with E-state index in [0.29, 0.717) is 24.3 Å². The Morgan fingerprint density at radius 1 is 1.09 bits per heavy atom. The number of rotatable bonds is 10. The molecule has 0 atom stereocenters. The Labute approximate surface area is 203 Å². The lowest BCUT2D eigenvalue weighted by Crippen LogP contribution is -2.24. The topological polar surface area (TPSA) is 122 Å². The third-order valence-electron chi connectivity index (χ3n) is 4.87. The van der Waals surface area contributed by atoms with E-state index in [1.165, 1.54) is 12.1 Å². The fraction of sp³-hybridized carbons (Fsp3) is 0.167. The molecule has 0 aliphatic carbocycles. The number of hydrogen-bond acceptors (Lipinski definition) is 5. The molecule has 34 heavy (non-hydrogen) atoms. The average Bonchev–Trinajstić information content (AvgIpc) is 2.79. The summed E-state index contributed by atoms with van der Waals surface area (Å²) in [5.74, 6) is -0.415. The zero-order valence-corrected chi connectivity index (χ0v) is 20.0. The molecular formula is C24H24ClN3O5S. The fourth-order valence-corrected chi connectivity index (χ4v) is 4.58. The van der Waals surface area contributed by atoms with Gasteiger partial charge in [0.15, 0.2) is 0 Å². The minimum absolute atomic E-state index is 0.0773. The molecular weight excluding hydrogens is 478 g/mol. The predicted molar refractivity (Wildman–Crippen MR) is 132 cm³/mol. The van der Waals surface area contributed by atoms with E-state index in [1.54, 1.807) is 54.4 Å². The van der Waals surface area contributed by atoms with E-state index < -0.39 is 16.0 Å². The zero-order valence-electron chi connectivity index (χ0n) is 18.4. The molecule has 0 fully saturated rings. The molecule has 0 heterocycles. The van der Waals surface area contributed by atoms with Crippen LogP contribution in [-0.4, -0.2) is 45.5 Å². The number of nitrogens with two attached hydrogens (primary N) is 1. The zero-order chi connectivity index (χ0) is 24.7. The van der Waals surface area contributed by atoms with Gasteiger partial charge in [0, 0.05) is 30.8 Å². The monoisotopic (exact) mass is 501 g/mol. The lowest BCUT2D eigenvalue weighted by Gasteiger charge is -2.17. The van der Waals surface area contributed by atoms with Crippen LogP contribution in [0.1, 0.15) is 11.1 Å². The van der Waals surface area contributed by atoms with E-state index in [0.717, 1.165) is 11.3 Å². The summed E-state index contributed by atoms with van der Waals surface area (Å²) in [6, 6.07) is 20.3. The van der Waals surface area contributed by atoms with Gasteiger partial charge in [-0.1, -0.05) is 54.1 Å². The van der Waals surface area contributed by atoms with Crippen molar-refractivity contribution in [3.63, 3.8) is 0 Å². The second-order valence-electron chi connectivity index (χ2n) is 7.42. The first-order chi connectivity index (χ1) is 16.2. The molecule has 0 aliphatic rings. The van der Waals surface area contributed by atoms with Gasteiger partial charge in [0.25, 0.3) is 10.0 Å². The number of carboxylic acid groups (broad SMARTS) is 1. The molecule has 3 rings (SSSR count). The first-order valence-electron chi connectivity index (χ1n) is 10.3. The van der Waals surface area contributed by atoms with Gasteiger partial charge < -0.3 is 20.5 Å². The maximum Gasteiger partial charge on any atom is 0.323 e. The van der Waals surface area contributed by atoms with Gasteiger partial charge in [0.05, 0.1) is 11.6 Å². The second kappa shape index (κ2) is 11.0. The van der Waals surface area contributed by atoms with Crippen LogP contribution in [0.15, 0.2) is 82.1 Å². The maximum absolute atomic E-state index is 12.5. The van der Waals surface area contributed by atoms with Crippen molar-refractivity contribution in [3.05, 3.63) is 88.9 Å². The normalized spacial score (nSPS) is 11.8. The number of nitrogens with zero attached hydrogens (tertiary/aromatic N) is 2. The molecule has 3 aromatic carbocycles. The number of hydrogen-bond donors (Lipinski definition) is 2. The molecule has 0 aliphatic heterocycles. The van der Waals surface area contributed by atoms with E-state index in [1.807, 2.05) is 18.2 Å². The summed E-state index contributed by atoms with van der Waals surface area (Å²) in [6.07, 6.45) is 0.602. The lowest BCUT2D eigenvalue weighted by molar-refractivity contribution is -0.135. The first-order valence-corrected chi connectivity index (χ1v) is 12.1. The van der Waals surface area contributed by atoms with Crippen LogP contribution in [0.4, 0.5) is 5.69 Å². The molecule has 178 valence electrons. The van der Waals surface area contributed by atoms with Gasteiger partial charge in [0.2, 0.25) is 0 Å². The Hall–Kier alpha value is -3.56. The molecule has 0 spiro atoms. The van der Waals surface area contributed by atoms with Crippen molar-refractivity contribution in [3.8, 4) is 5.75 Å². The predicted octanol–water partition coefficient (Wildman–Crippen LogP) is 3.58. The smallest absolute Gasteiger partial charge is 0.323 e. The number of aliphatic carboxylic acids is 1. The highest BCUT2D eigenvalue weighted by atomic mass is 35.5. The molecule has 0 saturated heterocycles. The summed E-state index contributed by atoms with van der Waals surface area (Å²) >= 11 is 5.97. The first kappa shape index (κ1) is 25.1. The van der Waals surface area contributed by atoms with Crippen LogP contribution in [0, 0.1) is 0 Å². The van der Waals surface area contributed by atoms with E-state index >= 15 is 0 Å². The minimum Gasteiger partial charge on any atom is -0.493 e. The van der Waals surface area contributed by atoms with Crippen molar-refractivity contribution in [2.24, 2.45) is 10.1 Å². The Morgan fingerprint density at radius 2 is 1.79 bits per heavy atom. The standard InChI is InChI=1S/C24H24ClN3O5S/c1-28(16-23(29)30)19-5-4-6-20(15-19)33-14-13-17-9-11-18(12-10-17)24(26)27-34(31,32)22-8-3-2-7-21(22)25/h2-12,15H,13-14,16H2,1H3,(H2,26,27)(H,29,30). The van der Waals surface area contributed by atoms with Crippen molar-refractivity contribution < 1.29 is 23.1 Å². The number of amidine groups is 1. The van der Waals surface area contributed by atoms with Crippen LogP contribution in [0.5, 0.6) is 5.75 Å². The van der Waals surface area contributed by atoms with Crippen LogP contribution >= 0.6 is 11.6 Å². The van der Waals surface area contributed by atoms with Crippen LogP contribution < -0.4 is 15.4 Å².